The van der Waals surface area contributed by atoms with Crippen molar-refractivity contribution in [2.45, 2.75) is 50.9 Å². The average Bonchev–Trinajstić information content (AvgIpc) is 2.97. The van der Waals surface area contributed by atoms with Crippen LogP contribution in [-0.4, -0.2) is 33.1 Å². The fourth-order valence-corrected chi connectivity index (χ4v) is 3.52. The predicted octanol–water partition coefficient (Wildman–Crippen LogP) is 2.50. The predicted molar refractivity (Wildman–Crippen MR) is 74.9 cm³/mol. The Morgan fingerprint density at radius 2 is 2.15 bits per heavy atom. The molecule has 106 valence electrons. The van der Waals surface area contributed by atoms with Crippen molar-refractivity contribution < 1.29 is 9.47 Å². The number of hydrogen-bond donors (Lipinski definition) is 0. The molecule has 0 spiro atoms. The Morgan fingerprint density at radius 1 is 1.35 bits per heavy atom. The summed E-state index contributed by atoms with van der Waals surface area (Å²) >= 11 is 0. The molecule has 4 heterocycles. The van der Waals surface area contributed by atoms with Gasteiger partial charge in [-0.05, 0) is 26.8 Å². The highest BCUT2D eigenvalue weighted by molar-refractivity contribution is 5.74. The van der Waals surface area contributed by atoms with Crippen LogP contribution < -0.4 is 4.74 Å². The van der Waals surface area contributed by atoms with Crippen molar-refractivity contribution in [2.24, 2.45) is 0 Å². The molecule has 1 saturated carbocycles. The standard InChI is InChI=1S/C15H19N3O2/c1-10(2)20-12-5-4-11-6-18(17-13(11)16-12)15-7-14(3,8-15)19-9-15/h4-6,10H,7-9H2,1-3H3. The van der Waals surface area contributed by atoms with Crippen molar-refractivity contribution in [2.75, 3.05) is 6.61 Å². The molecule has 2 bridgehead atoms. The number of nitrogens with zero attached hydrogens (tertiary/aromatic N) is 3. The van der Waals surface area contributed by atoms with Gasteiger partial charge < -0.3 is 9.47 Å². The zero-order chi connectivity index (χ0) is 14.0. The smallest absolute Gasteiger partial charge is 0.215 e. The molecule has 0 amide bonds. The van der Waals surface area contributed by atoms with Crippen molar-refractivity contribution in [1.29, 1.82) is 0 Å². The number of rotatable bonds is 3. The quantitative estimate of drug-likeness (QED) is 0.862. The van der Waals surface area contributed by atoms with E-state index < -0.39 is 0 Å². The number of hydrogen-bond acceptors (Lipinski definition) is 4. The zero-order valence-electron chi connectivity index (χ0n) is 12.1. The van der Waals surface area contributed by atoms with E-state index in [2.05, 4.69) is 27.9 Å². The topological polar surface area (TPSA) is 49.2 Å². The maximum absolute atomic E-state index is 5.84. The second kappa shape index (κ2) is 3.73. The molecule has 0 radical (unpaired) electrons. The molecule has 3 aliphatic rings. The lowest BCUT2D eigenvalue weighted by Crippen LogP contribution is -2.49. The summed E-state index contributed by atoms with van der Waals surface area (Å²) in [5, 5.41) is 5.70. The van der Waals surface area contributed by atoms with Gasteiger partial charge in [0, 0.05) is 30.5 Å². The van der Waals surface area contributed by atoms with Gasteiger partial charge in [0.15, 0.2) is 5.65 Å². The highest BCUT2D eigenvalue weighted by atomic mass is 16.5. The highest BCUT2D eigenvalue weighted by Gasteiger charge is 2.61. The van der Waals surface area contributed by atoms with Gasteiger partial charge in [0.2, 0.25) is 5.88 Å². The summed E-state index contributed by atoms with van der Waals surface area (Å²) in [6.07, 6.45) is 4.29. The minimum Gasteiger partial charge on any atom is -0.475 e. The van der Waals surface area contributed by atoms with Crippen LogP contribution in [0.1, 0.15) is 33.6 Å². The Bertz CT molecular complexity index is 671. The molecule has 5 nitrogen and oxygen atoms in total. The summed E-state index contributed by atoms with van der Waals surface area (Å²) in [4.78, 5) is 4.48. The van der Waals surface area contributed by atoms with Crippen LogP contribution in [0.5, 0.6) is 5.88 Å². The van der Waals surface area contributed by atoms with E-state index in [0.29, 0.717) is 5.88 Å². The largest absolute Gasteiger partial charge is 0.475 e. The molecule has 0 atom stereocenters. The van der Waals surface area contributed by atoms with Crippen molar-refractivity contribution in [1.82, 2.24) is 14.8 Å². The lowest BCUT2D eigenvalue weighted by atomic mass is 9.69. The van der Waals surface area contributed by atoms with Gasteiger partial charge >= 0.3 is 0 Å². The highest BCUT2D eigenvalue weighted by Crippen LogP contribution is 2.55. The van der Waals surface area contributed by atoms with Crippen LogP contribution in [0.15, 0.2) is 18.3 Å². The molecule has 5 heteroatoms. The maximum atomic E-state index is 5.84. The van der Waals surface area contributed by atoms with Gasteiger partial charge in [-0.25, -0.2) is 0 Å². The van der Waals surface area contributed by atoms with E-state index in [1.807, 2.05) is 26.0 Å². The van der Waals surface area contributed by atoms with E-state index in [1.54, 1.807) is 0 Å². The molecule has 0 aromatic carbocycles. The molecule has 2 saturated heterocycles. The number of fused-ring (bicyclic) bond motifs is 2. The van der Waals surface area contributed by atoms with E-state index in [-0.39, 0.29) is 17.2 Å². The van der Waals surface area contributed by atoms with Gasteiger partial charge in [-0.3, -0.25) is 4.68 Å². The SMILES string of the molecule is CC(C)Oc1ccc2cn(C34COC(C)(C3)C4)nc2n1. The molecule has 2 aromatic rings. The molecule has 2 aromatic heterocycles. The summed E-state index contributed by atoms with van der Waals surface area (Å²) in [6.45, 7) is 6.92. The van der Waals surface area contributed by atoms with Crippen LogP contribution in [-0.2, 0) is 10.3 Å². The Morgan fingerprint density at radius 3 is 2.80 bits per heavy atom. The Hall–Kier alpha value is -1.62. The monoisotopic (exact) mass is 273 g/mol. The lowest BCUT2D eigenvalue weighted by molar-refractivity contribution is 0.00382. The third-order valence-electron chi connectivity index (χ3n) is 4.28. The first-order valence-corrected chi connectivity index (χ1v) is 7.16. The molecule has 1 aliphatic carbocycles. The third kappa shape index (κ3) is 1.66. The van der Waals surface area contributed by atoms with Gasteiger partial charge in [0.05, 0.1) is 23.9 Å². The zero-order valence-corrected chi connectivity index (χ0v) is 12.1. The lowest BCUT2D eigenvalue weighted by Gasteiger charge is -2.42. The normalized spacial score (nSPS) is 31.8. The summed E-state index contributed by atoms with van der Waals surface area (Å²) in [6, 6.07) is 3.93. The first-order chi connectivity index (χ1) is 9.48. The van der Waals surface area contributed by atoms with Crippen molar-refractivity contribution in [3.63, 3.8) is 0 Å². The van der Waals surface area contributed by atoms with Crippen LogP contribution >= 0.6 is 0 Å². The van der Waals surface area contributed by atoms with Gasteiger partial charge in [-0.2, -0.15) is 10.1 Å². The van der Waals surface area contributed by atoms with E-state index >= 15 is 0 Å². The Kier molecular flexibility index (Phi) is 2.26. The summed E-state index contributed by atoms with van der Waals surface area (Å²) in [7, 11) is 0. The van der Waals surface area contributed by atoms with Crippen LogP contribution in [0.2, 0.25) is 0 Å². The molecule has 5 rings (SSSR count). The molecule has 2 aliphatic heterocycles. The van der Waals surface area contributed by atoms with E-state index in [0.717, 1.165) is 30.5 Å². The van der Waals surface area contributed by atoms with Gasteiger partial charge in [0.25, 0.3) is 0 Å². The molecule has 0 N–H and O–H groups in total. The van der Waals surface area contributed by atoms with E-state index in [9.17, 15) is 0 Å². The van der Waals surface area contributed by atoms with Crippen LogP contribution in [0, 0.1) is 0 Å². The fourth-order valence-electron chi connectivity index (χ4n) is 3.52. The second-order valence-corrected chi connectivity index (χ2v) is 6.62. The molecule has 0 unspecified atom stereocenters. The third-order valence-corrected chi connectivity index (χ3v) is 4.28. The van der Waals surface area contributed by atoms with Gasteiger partial charge in [-0.1, -0.05) is 0 Å². The van der Waals surface area contributed by atoms with Crippen LogP contribution in [0.3, 0.4) is 0 Å². The Labute approximate surface area is 117 Å². The molecule has 20 heavy (non-hydrogen) atoms. The van der Waals surface area contributed by atoms with Crippen molar-refractivity contribution in [3.05, 3.63) is 18.3 Å². The fraction of sp³-hybridized carbons (Fsp3) is 0.600. The first-order valence-electron chi connectivity index (χ1n) is 7.16. The van der Waals surface area contributed by atoms with Crippen molar-refractivity contribution >= 4 is 11.0 Å². The number of ether oxygens (including phenoxy) is 2. The summed E-state index contributed by atoms with van der Waals surface area (Å²) in [5.74, 6) is 0.636. The number of aromatic nitrogens is 3. The van der Waals surface area contributed by atoms with Crippen LogP contribution in [0.4, 0.5) is 0 Å². The summed E-state index contributed by atoms with van der Waals surface area (Å²) in [5.41, 5.74) is 0.865. The van der Waals surface area contributed by atoms with Crippen molar-refractivity contribution in [3.8, 4) is 5.88 Å². The summed E-state index contributed by atoms with van der Waals surface area (Å²) < 4.78 is 13.5. The molecule has 3 fully saturated rings. The van der Waals surface area contributed by atoms with Crippen LogP contribution in [0.25, 0.3) is 11.0 Å². The second-order valence-electron chi connectivity index (χ2n) is 6.62. The Balaban J connectivity index is 1.69. The maximum Gasteiger partial charge on any atom is 0.215 e. The van der Waals surface area contributed by atoms with E-state index in [1.165, 1.54) is 0 Å². The number of pyridine rings is 1. The minimum atomic E-state index is 0.0501. The van der Waals surface area contributed by atoms with Gasteiger partial charge in [-0.15, -0.1) is 0 Å². The first kappa shape index (κ1) is 12.1. The van der Waals surface area contributed by atoms with E-state index in [4.69, 9.17) is 9.47 Å². The minimum absolute atomic E-state index is 0.0501. The molecular weight excluding hydrogens is 254 g/mol. The van der Waals surface area contributed by atoms with Gasteiger partial charge in [0.1, 0.15) is 0 Å². The molecular formula is C15H19N3O2. The average molecular weight is 273 g/mol.